The molecule has 0 saturated carbocycles. The highest BCUT2D eigenvalue weighted by molar-refractivity contribution is 6.32. The van der Waals surface area contributed by atoms with Crippen molar-refractivity contribution in [2.75, 3.05) is 13.2 Å². The second-order valence-electron chi connectivity index (χ2n) is 4.47. The van der Waals surface area contributed by atoms with E-state index in [2.05, 4.69) is 9.97 Å². The smallest absolute Gasteiger partial charge is 0.145 e. The van der Waals surface area contributed by atoms with E-state index in [0.717, 1.165) is 17.0 Å². The fraction of sp³-hybridized carbons (Fsp3) is 0.286. The first-order valence-electron chi connectivity index (χ1n) is 6.05. The first-order chi connectivity index (χ1) is 9.22. The zero-order valence-corrected chi connectivity index (χ0v) is 11.2. The van der Waals surface area contributed by atoms with Crippen LogP contribution < -0.4 is 4.74 Å². The largest absolute Gasteiger partial charge is 0.484 e. The molecule has 0 radical (unpaired) electrons. The van der Waals surface area contributed by atoms with Crippen LogP contribution in [0.3, 0.4) is 0 Å². The number of nitrogens with zero attached hydrogens (tertiary/aromatic N) is 2. The predicted octanol–water partition coefficient (Wildman–Crippen LogP) is 2.88. The van der Waals surface area contributed by atoms with E-state index in [4.69, 9.17) is 21.1 Å². The highest BCUT2D eigenvalue weighted by atomic mass is 35.5. The first kappa shape index (κ1) is 12.4. The minimum Gasteiger partial charge on any atom is -0.484 e. The fourth-order valence-electron chi connectivity index (χ4n) is 1.83. The Kier molecular flexibility index (Phi) is 3.36. The van der Waals surface area contributed by atoms with Crippen molar-refractivity contribution in [3.63, 3.8) is 0 Å². The SMILES string of the molecule is Cc1cc(-c2ccc(OC3COC3)c(Cl)c2)ncn1. The van der Waals surface area contributed by atoms with Crippen molar-refractivity contribution in [3.05, 3.63) is 41.3 Å². The minimum atomic E-state index is 0.115. The van der Waals surface area contributed by atoms with Gasteiger partial charge in [-0.3, -0.25) is 0 Å². The standard InChI is InChI=1S/C14H13ClN2O2/c1-9-4-13(17-8-16-9)10-2-3-14(12(15)5-10)19-11-6-18-7-11/h2-5,8,11H,6-7H2,1H3. The van der Waals surface area contributed by atoms with Crippen LogP contribution in [-0.4, -0.2) is 29.3 Å². The van der Waals surface area contributed by atoms with Crippen molar-refractivity contribution in [1.82, 2.24) is 9.97 Å². The van der Waals surface area contributed by atoms with Gasteiger partial charge in [0.2, 0.25) is 0 Å². The molecule has 0 atom stereocenters. The molecule has 1 aliphatic rings. The summed E-state index contributed by atoms with van der Waals surface area (Å²) in [4.78, 5) is 8.32. The van der Waals surface area contributed by atoms with E-state index >= 15 is 0 Å². The third kappa shape index (κ3) is 2.69. The van der Waals surface area contributed by atoms with Crippen LogP contribution in [0.5, 0.6) is 5.75 Å². The van der Waals surface area contributed by atoms with Gasteiger partial charge in [-0.15, -0.1) is 0 Å². The van der Waals surface area contributed by atoms with E-state index in [-0.39, 0.29) is 6.10 Å². The molecule has 0 amide bonds. The summed E-state index contributed by atoms with van der Waals surface area (Å²) in [5.74, 6) is 0.685. The molecule has 0 spiro atoms. The summed E-state index contributed by atoms with van der Waals surface area (Å²) in [7, 11) is 0. The maximum absolute atomic E-state index is 6.24. The lowest BCUT2D eigenvalue weighted by Gasteiger charge is -2.27. The van der Waals surface area contributed by atoms with Crippen LogP contribution in [0.2, 0.25) is 5.02 Å². The summed E-state index contributed by atoms with van der Waals surface area (Å²) in [6.45, 7) is 3.19. The normalized spacial score (nSPS) is 15.1. The molecule has 0 bridgehead atoms. The summed E-state index contributed by atoms with van der Waals surface area (Å²) in [6.07, 6.45) is 1.67. The molecule has 3 rings (SSSR count). The number of hydrogen-bond donors (Lipinski definition) is 0. The van der Waals surface area contributed by atoms with Gasteiger partial charge in [0.05, 0.1) is 23.9 Å². The number of rotatable bonds is 3. The average Bonchev–Trinajstić information content (AvgIpc) is 2.35. The quantitative estimate of drug-likeness (QED) is 0.865. The second-order valence-corrected chi connectivity index (χ2v) is 4.87. The molecule has 2 heterocycles. The van der Waals surface area contributed by atoms with Crippen molar-refractivity contribution in [2.45, 2.75) is 13.0 Å². The zero-order chi connectivity index (χ0) is 13.2. The van der Waals surface area contributed by atoms with E-state index in [0.29, 0.717) is 24.0 Å². The van der Waals surface area contributed by atoms with Gasteiger partial charge in [-0.25, -0.2) is 9.97 Å². The number of aryl methyl sites for hydroxylation is 1. The summed E-state index contributed by atoms with van der Waals surface area (Å²) < 4.78 is 10.8. The fourth-order valence-corrected chi connectivity index (χ4v) is 2.05. The van der Waals surface area contributed by atoms with Crippen molar-refractivity contribution >= 4 is 11.6 Å². The van der Waals surface area contributed by atoms with Gasteiger partial charge in [0, 0.05) is 11.3 Å². The summed E-state index contributed by atoms with van der Waals surface area (Å²) in [5, 5.41) is 0.584. The van der Waals surface area contributed by atoms with Gasteiger partial charge in [0.15, 0.2) is 0 Å². The first-order valence-corrected chi connectivity index (χ1v) is 6.43. The molecule has 0 N–H and O–H groups in total. The lowest BCUT2D eigenvalue weighted by molar-refractivity contribution is -0.0796. The summed E-state index contributed by atoms with van der Waals surface area (Å²) in [6, 6.07) is 7.60. The Morgan fingerprint density at radius 1 is 1.26 bits per heavy atom. The Bertz CT molecular complexity index is 600. The van der Waals surface area contributed by atoms with Crippen molar-refractivity contribution in [1.29, 1.82) is 0 Å². The molecule has 2 aromatic rings. The molecular formula is C14H13ClN2O2. The third-order valence-electron chi connectivity index (χ3n) is 2.93. The molecular weight excluding hydrogens is 264 g/mol. The maximum Gasteiger partial charge on any atom is 0.145 e. The van der Waals surface area contributed by atoms with Crippen LogP contribution in [0.1, 0.15) is 5.69 Å². The van der Waals surface area contributed by atoms with E-state index in [1.54, 1.807) is 6.33 Å². The lowest BCUT2D eigenvalue weighted by Crippen LogP contribution is -2.38. The average molecular weight is 277 g/mol. The molecule has 1 aromatic carbocycles. The van der Waals surface area contributed by atoms with Crippen LogP contribution in [0.15, 0.2) is 30.6 Å². The number of hydrogen-bond acceptors (Lipinski definition) is 4. The Morgan fingerprint density at radius 3 is 2.74 bits per heavy atom. The molecule has 1 fully saturated rings. The zero-order valence-electron chi connectivity index (χ0n) is 10.5. The topological polar surface area (TPSA) is 44.2 Å². The van der Waals surface area contributed by atoms with Gasteiger partial charge in [-0.2, -0.15) is 0 Å². The Hall–Kier alpha value is -1.65. The van der Waals surface area contributed by atoms with E-state index in [9.17, 15) is 0 Å². The Labute approximate surface area is 116 Å². The van der Waals surface area contributed by atoms with Crippen molar-refractivity contribution in [2.24, 2.45) is 0 Å². The highest BCUT2D eigenvalue weighted by Crippen LogP contribution is 2.31. The van der Waals surface area contributed by atoms with Gasteiger partial charge in [0.1, 0.15) is 18.2 Å². The maximum atomic E-state index is 6.24. The number of aromatic nitrogens is 2. The Balaban J connectivity index is 1.86. The van der Waals surface area contributed by atoms with Crippen LogP contribution in [0.4, 0.5) is 0 Å². The van der Waals surface area contributed by atoms with Crippen LogP contribution >= 0.6 is 11.6 Å². The van der Waals surface area contributed by atoms with Gasteiger partial charge in [-0.05, 0) is 31.2 Å². The van der Waals surface area contributed by atoms with Crippen LogP contribution in [0.25, 0.3) is 11.3 Å². The molecule has 1 aromatic heterocycles. The van der Waals surface area contributed by atoms with Gasteiger partial charge >= 0.3 is 0 Å². The monoisotopic (exact) mass is 276 g/mol. The van der Waals surface area contributed by atoms with Crippen molar-refractivity contribution < 1.29 is 9.47 Å². The molecule has 4 nitrogen and oxygen atoms in total. The summed E-state index contributed by atoms with van der Waals surface area (Å²) in [5.41, 5.74) is 2.73. The summed E-state index contributed by atoms with van der Waals surface area (Å²) >= 11 is 6.24. The van der Waals surface area contributed by atoms with Gasteiger partial charge < -0.3 is 9.47 Å². The van der Waals surface area contributed by atoms with Crippen LogP contribution in [0, 0.1) is 6.92 Å². The minimum absolute atomic E-state index is 0.115. The van der Waals surface area contributed by atoms with Crippen LogP contribution in [-0.2, 0) is 4.74 Å². The predicted molar refractivity (Wildman–Crippen MR) is 72.5 cm³/mol. The molecule has 98 valence electrons. The third-order valence-corrected chi connectivity index (χ3v) is 3.23. The van der Waals surface area contributed by atoms with Crippen molar-refractivity contribution in [3.8, 4) is 17.0 Å². The number of ether oxygens (including phenoxy) is 2. The lowest BCUT2D eigenvalue weighted by atomic mass is 10.1. The van der Waals surface area contributed by atoms with E-state index in [1.165, 1.54) is 0 Å². The van der Waals surface area contributed by atoms with E-state index in [1.807, 2.05) is 31.2 Å². The second kappa shape index (κ2) is 5.15. The molecule has 19 heavy (non-hydrogen) atoms. The number of benzene rings is 1. The molecule has 1 aliphatic heterocycles. The number of halogens is 1. The molecule has 5 heteroatoms. The highest BCUT2D eigenvalue weighted by Gasteiger charge is 2.21. The Morgan fingerprint density at radius 2 is 2.11 bits per heavy atom. The molecule has 0 unspecified atom stereocenters. The molecule has 1 saturated heterocycles. The van der Waals surface area contributed by atoms with Gasteiger partial charge in [-0.1, -0.05) is 11.6 Å². The van der Waals surface area contributed by atoms with Gasteiger partial charge in [0.25, 0.3) is 0 Å². The molecule has 0 aliphatic carbocycles. The van der Waals surface area contributed by atoms with E-state index < -0.39 is 0 Å².